The summed E-state index contributed by atoms with van der Waals surface area (Å²) in [5.74, 6) is 0.668. The maximum atomic E-state index is 11.5. The predicted octanol–water partition coefficient (Wildman–Crippen LogP) is 0.0542. The van der Waals surface area contributed by atoms with Crippen LogP contribution in [0.4, 0.5) is 0 Å². The number of likely N-dealkylation sites (N-methyl/N-ethyl adjacent to an activating group) is 1. The third kappa shape index (κ3) is 10.2. The third-order valence-electron chi connectivity index (χ3n) is 2.38. The molecule has 0 aromatic rings. The molecule has 5 heteroatoms. The molecule has 0 aliphatic rings. The van der Waals surface area contributed by atoms with E-state index in [4.69, 9.17) is 10.5 Å². The van der Waals surface area contributed by atoms with E-state index in [-0.39, 0.29) is 11.9 Å². The van der Waals surface area contributed by atoms with Gasteiger partial charge in [-0.3, -0.25) is 9.69 Å². The molecule has 0 saturated carbocycles. The van der Waals surface area contributed by atoms with E-state index in [9.17, 15) is 4.79 Å². The molecule has 0 heterocycles. The number of carbonyl (C=O) groups is 1. The molecule has 17 heavy (non-hydrogen) atoms. The highest BCUT2D eigenvalue weighted by molar-refractivity contribution is 5.77. The number of nitrogens with zero attached hydrogens (tertiary/aromatic N) is 1. The largest absolute Gasteiger partial charge is 0.383 e. The summed E-state index contributed by atoms with van der Waals surface area (Å²) >= 11 is 0. The van der Waals surface area contributed by atoms with Crippen LogP contribution in [0.3, 0.4) is 0 Å². The van der Waals surface area contributed by atoms with Gasteiger partial charge in [0.25, 0.3) is 0 Å². The Hall–Kier alpha value is -0.650. The zero-order valence-corrected chi connectivity index (χ0v) is 11.5. The molecule has 0 aromatic carbocycles. The summed E-state index contributed by atoms with van der Waals surface area (Å²) in [4.78, 5) is 13.5. The number of nitrogens with one attached hydrogen (secondary N) is 1. The Kier molecular flexibility index (Phi) is 9.03. The molecule has 0 bridgehead atoms. The number of ether oxygens (including phenoxy) is 1. The fraction of sp³-hybridized carbons (Fsp3) is 0.917. The van der Waals surface area contributed by atoms with Crippen molar-refractivity contribution in [2.24, 2.45) is 11.7 Å². The van der Waals surface area contributed by atoms with Crippen LogP contribution in [-0.2, 0) is 9.53 Å². The van der Waals surface area contributed by atoms with Crippen molar-refractivity contribution in [3.63, 3.8) is 0 Å². The van der Waals surface area contributed by atoms with Gasteiger partial charge in [-0.25, -0.2) is 0 Å². The standard InChI is InChI=1S/C12H27N3O2/c1-10(2)5-6-14-12(16)8-15(3)7-11(13)9-17-4/h10-11H,5-9,13H2,1-4H3,(H,14,16). The maximum Gasteiger partial charge on any atom is 0.234 e. The first-order chi connectivity index (χ1) is 7.95. The van der Waals surface area contributed by atoms with Gasteiger partial charge in [-0.05, 0) is 19.4 Å². The molecule has 102 valence electrons. The first-order valence-electron chi connectivity index (χ1n) is 6.15. The molecule has 0 aromatic heterocycles. The van der Waals surface area contributed by atoms with Crippen molar-refractivity contribution in [1.82, 2.24) is 10.2 Å². The topological polar surface area (TPSA) is 67.6 Å². The van der Waals surface area contributed by atoms with Gasteiger partial charge in [-0.1, -0.05) is 13.8 Å². The van der Waals surface area contributed by atoms with Gasteiger partial charge >= 0.3 is 0 Å². The fourth-order valence-electron chi connectivity index (χ4n) is 1.53. The van der Waals surface area contributed by atoms with Crippen molar-refractivity contribution in [2.45, 2.75) is 26.3 Å². The van der Waals surface area contributed by atoms with E-state index in [0.29, 0.717) is 25.6 Å². The zero-order chi connectivity index (χ0) is 13.3. The van der Waals surface area contributed by atoms with Crippen LogP contribution in [0, 0.1) is 5.92 Å². The summed E-state index contributed by atoms with van der Waals surface area (Å²) < 4.78 is 4.95. The normalized spacial score (nSPS) is 13.1. The van der Waals surface area contributed by atoms with Gasteiger partial charge in [0.15, 0.2) is 0 Å². The van der Waals surface area contributed by atoms with E-state index in [2.05, 4.69) is 19.2 Å². The molecule has 3 N–H and O–H groups in total. The first-order valence-corrected chi connectivity index (χ1v) is 6.15. The molecule has 1 unspecified atom stereocenters. The molecule has 5 nitrogen and oxygen atoms in total. The summed E-state index contributed by atoms with van der Waals surface area (Å²) in [5.41, 5.74) is 5.80. The lowest BCUT2D eigenvalue weighted by Crippen LogP contribution is -2.43. The third-order valence-corrected chi connectivity index (χ3v) is 2.38. The maximum absolute atomic E-state index is 11.5. The van der Waals surface area contributed by atoms with Crippen molar-refractivity contribution in [3.8, 4) is 0 Å². The second-order valence-corrected chi connectivity index (χ2v) is 4.94. The Labute approximate surface area is 105 Å². The molecule has 0 saturated heterocycles. The van der Waals surface area contributed by atoms with E-state index >= 15 is 0 Å². The van der Waals surface area contributed by atoms with E-state index in [1.165, 1.54) is 0 Å². The van der Waals surface area contributed by atoms with Crippen molar-refractivity contribution in [2.75, 3.05) is 40.4 Å². The molecule has 0 fully saturated rings. The highest BCUT2D eigenvalue weighted by atomic mass is 16.5. The predicted molar refractivity (Wildman–Crippen MR) is 69.8 cm³/mol. The molecule has 1 atom stereocenters. The van der Waals surface area contributed by atoms with Gasteiger partial charge in [-0.15, -0.1) is 0 Å². The molecule has 1 amide bonds. The van der Waals surface area contributed by atoms with Crippen LogP contribution in [0.15, 0.2) is 0 Å². The number of nitrogens with two attached hydrogens (primary N) is 1. The van der Waals surface area contributed by atoms with Crippen LogP contribution in [-0.4, -0.2) is 57.2 Å². The van der Waals surface area contributed by atoms with Crippen LogP contribution in [0.1, 0.15) is 20.3 Å². The van der Waals surface area contributed by atoms with Crippen LogP contribution >= 0.6 is 0 Å². The number of hydrogen-bond donors (Lipinski definition) is 2. The first kappa shape index (κ1) is 16.4. The van der Waals surface area contributed by atoms with E-state index in [1.54, 1.807) is 7.11 Å². The van der Waals surface area contributed by atoms with Gasteiger partial charge in [0, 0.05) is 26.2 Å². The lowest BCUT2D eigenvalue weighted by atomic mass is 10.1. The van der Waals surface area contributed by atoms with Crippen LogP contribution in [0.2, 0.25) is 0 Å². The Morgan fingerprint density at radius 3 is 2.65 bits per heavy atom. The number of methoxy groups -OCH3 is 1. The minimum Gasteiger partial charge on any atom is -0.383 e. The molecule has 0 radical (unpaired) electrons. The Balaban J connectivity index is 3.65. The van der Waals surface area contributed by atoms with Crippen molar-refractivity contribution in [1.29, 1.82) is 0 Å². The lowest BCUT2D eigenvalue weighted by molar-refractivity contribution is -0.122. The summed E-state index contributed by atoms with van der Waals surface area (Å²) in [6.45, 7) is 6.58. The minimum atomic E-state index is -0.0477. The average Bonchev–Trinajstić information content (AvgIpc) is 2.16. The van der Waals surface area contributed by atoms with Crippen molar-refractivity contribution >= 4 is 5.91 Å². The highest BCUT2D eigenvalue weighted by Gasteiger charge is 2.10. The Morgan fingerprint density at radius 1 is 1.47 bits per heavy atom. The molecule has 0 aliphatic carbocycles. The van der Waals surface area contributed by atoms with Crippen LogP contribution < -0.4 is 11.1 Å². The minimum absolute atomic E-state index is 0.0477. The summed E-state index contributed by atoms with van der Waals surface area (Å²) in [6.07, 6.45) is 1.01. The van der Waals surface area contributed by atoms with Crippen molar-refractivity contribution in [3.05, 3.63) is 0 Å². The fourth-order valence-corrected chi connectivity index (χ4v) is 1.53. The average molecular weight is 245 g/mol. The number of amides is 1. The second kappa shape index (κ2) is 9.39. The highest BCUT2D eigenvalue weighted by Crippen LogP contribution is 1.96. The van der Waals surface area contributed by atoms with Crippen LogP contribution in [0.25, 0.3) is 0 Å². The smallest absolute Gasteiger partial charge is 0.234 e. The number of carbonyl (C=O) groups excluding carboxylic acids is 1. The van der Waals surface area contributed by atoms with Gasteiger partial charge in [0.2, 0.25) is 5.91 Å². The molecule has 0 aliphatic heterocycles. The number of hydrogen-bond acceptors (Lipinski definition) is 4. The van der Waals surface area contributed by atoms with Crippen molar-refractivity contribution < 1.29 is 9.53 Å². The summed E-state index contributed by atoms with van der Waals surface area (Å²) in [6, 6.07) is -0.0477. The second-order valence-electron chi connectivity index (χ2n) is 4.94. The number of rotatable bonds is 9. The van der Waals surface area contributed by atoms with Gasteiger partial charge in [-0.2, -0.15) is 0 Å². The summed E-state index contributed by atoms with van der Waals surface area (Å²) in [7, 11) is 3.51. The summed E-state index contributed by atoms with van der Waals surface area (Å²) in [5, 5.41) is 2.90. The molecular weight excluding hydrogens is 218 g/mol. The van der Waals surface area contributed by atoms with Gasteiger partial charge in [0.1, 0.15) is 0 Å². The van der Waals surface area contributed by atoms with Crippen LogP contribution in [0.5, 0.6) is 0 Å². The SMILES string of the molecule is COCC(N)CN(C)CC(=O)NCCC(C)C. The van der Waals surface area contributed by atoms with E-state index in [1.807, 2.05) is 11.9 Å². The zero-order valence-electron chi connectivity index (χ0n) is 11.5. The monoisotopic (exact) mass is 245 g/mol. The molecular formula is C12H27N3O2. The molecule has 0 rings (SSSR count). The van der Waals surface area contributed by atoms with Gasteiger partial charge in [0.05, 0.1) is 13.2 Å². The Morgan fingerprint density at radius 2 is 2.12 bits per heavy atom. The van der Waals surface area contributed by atoms with E-state index < -0.39 is 0 Å². The van der Waals surface area contributed by atoms with E-state index in [0.717, 1.165) is 13.0 Å². The van der Waals surface area contributed by atoms with Gasteiger partial charge < -0.3 is 15.8 Å². The Bertz CT molecular complexity index is 210. The molecule has 0 spiro atoms. The quantitative estimate of drug-likeness (QED) is 0.602. The lowest BCUT2D eigenvalue weighted by Gasteiger charge is -2.20.